The number of carbonyl (C=O) groups excluding carboxylic acids is 4. The van der Waals surface area contributed by atoms with E-state index in [1.54, 1.807) is 38.0 Å². The van der Waals surface area contributed by atoms with Crippen LogP contribution in [-0.2, 0) is 43.1 Å². The molecule has 4 N–H and O–H groups in total. The second kappa shape index (κ2) is 24.6. The van der Waals surface area contributed by atoms with Crippen LogP contribution in [0.4, 0.5) is 5.69 Å². The molecule has 73 heavy (non-hydrogen) atoms. The molecular formula is C55H70ClN8O7PS. The number of aryl methyl sites for hydroxylation is 1. The highest BCUT2D eigenvalue weighted by Crippen LogP contribution is 2.37. The number of nitrogens with one attached hydrogen (secondary N) is 3. The van der Waals surface area contributed by atoms with Crippen LogP contribution in [0.1, 0.15) is 106 Å². The van der Waals surface area contributed by atoms with Crippen molar-refractivity contribution < 1.29 is 33.6 Å². The first-order valence-corrected chi connectivity index (χ1v) is 29.0. The van der Waals surface area contributed by atoms with Crippen LogP contribution < -0.4 is 30.9 Å². The number of likely N-dealkylation sites (tertiary alicyclic amines) is 1. The number of aromatic nitrogens is 3. The van der Waals surface area contributed by atoms with Gasteiger partial charge in [0.05, 0.1) is 40.0 Å². The minimum Gasteiger partial charge on any atom is -0.496 e. The molecule has 0 bridgehead atoms. The number of hydrogen-bond acceptors (Lipinski definition) is 12. The summed E-state index contributed by atoms with van der Waals surface area (Å²) in [6.07, 6.45) is 5.74. The molecule has 18 heteroatoms. The Hall–Kier alpha value is -5.67. The van der Waals surface area contributed by atoms with Crippen LogP contribution >= 0.6 is 30.1 Å². The lowest BCUT2D eigenvalue weighted by molar-refractivity contribution is -0.144. The second-order valence-electron chi connectivity index (χ2n) is 20.7. The van der Waals surface area contributed by atoms with E-state index >= 15 is 0 Å². The Bertz CT molecular complexity index is 2790. The van der Waals surface area contributed by atoms with Crippen molar-refractivity contribution in [1.29, 1.82) is 0 Å². The van der Waals surface area contributed by atoms with Gasteiger partial charge in [-0.2, -0.15) is 0 Å². The normalized spacial score (nSPS) is 16.8. The SMILES string of the molecule is COc1cc(N2CCC(NC(=O)CCCCCC(=O)N[C@H](C(=O)N3C[C@H](O)C[C@H]3C(=O)NCc3ccc(-c4scnc4C)cc3)C(C)(C)C)CC2)ccc1Cc1ncc(Cl)c(Cc2ccccc2P(C)(C)=O)n1. The Kier molecular flexibility index (Phi) is 18.5. The highest BCUT2D eigenvalue weighted by Gasteiger charge is 2.44. The lowest BCUT2D eigenvalue weighted by Crippen LogP contribution is -2.57. The number of benzene rings is 3. The Labute approximate surface area is 438 Å². The number of piperidine rings is 1. The molecule has 4 heterocycles. The highest BCUT2D eigenvalue weighted by molar-refractivity contribution is 7.70. The number of rotatable bonds is 20. The lowest BCUT2D eigenvalue weighted by Gasteiger charge is -2.35. The molecule has 2 aliphatic heterocycles. The predicted octanol–water partition coefficient (Wildman–Crippen LogP) is 7.84. The van der Waals surface area contributed by atoms with Crippen molar-refractivity contribution in [1.82, 2.24) is 35.8 Å². The molecule has 3 aromatic carbocycles. The van der Waals surface area contributed by atoms with Crippen LogP contribution in [0.25, 0.3) is 10.4 Å². The maximum Gasteiger partial charge on any atom is 0.246 e. The van der Waals surface area contributed by atoms with E-state index in [4.69, 9.17) is 21.3 Å². The van der Waals surface area contributed by atoms with E-state index in [2.05, 4.69) is 36.9 Å². The second-order valence-corrected chi connectivity index (χ2v) is 25.2. The van der Waals surface area contributed by atoms with Crippen LogP contribution in [-0.4, -0.2) is 113 Å². The molecule has 0 aliphatic carbocycles. The molecule has 390 valence electrons. The standard InChI is InChI=1S/C55H70ClN8O7PS/c1-35-51(73-34-59-35)37-19-17-36(18-20-37)31-58-53(68)45-30-42(65)33-64(45)54(69)52(55(2,3)4)62-50(67)16-10-8-9-15-49(66)60-40-23-25-63(26-24-40)41-22-21-38(46(29-41)71-5)28-48-57-32-43(56)44(61-48)27-39-13-11-12-14-47(39)72(6,7)70/h11-14,17-22,29,32,34,40,42,45,52,65H,8-10,15-16,23-28,30-31,33H2,1-7H3,(H,58,68)(H,60,66)(H,62,67)/t42-,45+,52-/m1/s1. The Morgan fingerprint density at radius 2 is 1.64 bits per heavy atom. The third kappa shape index (κ3) is 14.8. The number of amides is 4. The number of thiazole rings is 1. The fourth-order valence-corrected chi connectivity index (χ4v) is 11.9. The monoisotopic (exact) mass is 1050 g/mol. The summed E-state index contributed by atoms with van der Waals surface area (Å²) in [5.41, 5.74) is 7.64. The van der Waals surface area contributed by atoms with Crippen LogP contribution in [0, 0.1) is 12.3 Å². The van der Waals surface area contributed by atoms with Crippen molar-refractivity contribution in [2.75, 3.05) is 45.0 Å². The van der Waals surface area contributed by atoms with Gasteiger partial charge >= 0.3 is 0 Å². The molecule has 2 aliphatic rings. The van der Waals surface area contributed by atoms with Gasteiger partial charge in [0.1, 0.15) is 30.8 Å². The predicted molar refractivity (Wildman–Crippen MR) is 289 cm³/mol. The average molecular weight is 1050 g/mol. The van der Waals surface area contributed by atoms with Crippen molar-refractivity contribution in [3.8, 4) is 16.2 Å². The Morgan fingerprint density at radius 1 is 0.932 bits per heavy atom. The fraction of sp³-hybridized carbons (Fsp3) is 0.473. The molecule has 4 amide bonds. The number of hydrogen-bond donors (Lipinski definition) is 4. The quantitative estimate of drug-likeness (QED) is 0.0438. The molecule has 3 atom stereocenters. The first-order chi connectivity index (χ1) is 34.8. The molecule has 0 spiro atoms. The number of unbranched alkanes of at least 4 members (excludes halogenated alkanes) is 2. The largest absolute Gasteiger partial charge is 0.496 e. The van der Waals surface area contributed by atoms with Crippen LogP contribution in [0.5, 0.6) is 5.75 Å². The zero-order valence-electron chi connectivity index (χ0n) is 43.1. The van der Waals surface area contributed by atoms with Crippen LogP contribution in [0.3, 0.4) is 0 Å². The van der Waals surface area contributed by atoms with Gasteiger partial charge in [0.15, 0.2) is 0 Å². The summed E-state index contributed by atoms with van der Waals surface area (Å²) in [4.78, 5) is 72.3. The number of aliphatic hydroxyl groups excluding tert-OH is 1. The Morgan fingerprint density at radius 3 is 2.32 bits per heavy atom. The van der Waals surface area contributed by atoms with Crippen LogP contribution in [0.2, 0.25) is 5.02 Å². The van der Waals surface area contributed by atoms with Crippen molar-refractivity contribution in [2.24, 2.45) is 5.41 Å². The third-order valence-electron chi connectivity index (χ3n) is 13.7. The number of β-amino-alcohol motifs (C(OH)–C–C–N with tert-alkyl or cyclic N) is 1. The summed E-state index contributed by atoms with van der Waals surface area (Å²) in [6, 6.07) is 20.0. The molecule has 15 nitrogen and oxygen atoms in total. The van der Waals surface area contributed by atoms with Gasteiger partial charge < -0.3 is 40.2 Å². The first-order valence-electron chi connectivity index (χ1n) is 25.2. The number of aliphatic hydroxyl groups is 1. The molecule has 7 rings (SSSR count). The number of ether oxygens (including phenoxy) is 1. The van der Waals surface area contributed by atoms with Gasteiger partial charge in [0.2, 0.25) is 23.6 Å². The van der Waals surface area contributed by atoms with E-state index in [9.17, 15) is 28.8 Å². The molecule has 5 aromatic rings. The van der Waals surface area contributed by atoms with Gasteiger partial charge in [-0.1, -0.05) is 93.4 Å². The van der Waals surface area contributed by atoms with Gasteiger partial charge in [-0.3, -0.25) is 19.2 Å². The zero-order valence-corrected chi connectivity index (χ0v) is 45.5. The Balaban J connectivity index is 0.818. The third-order valence-corrected chi connectivity index (χ3v) is 16.5. The van der Waals surface area contributed by atoms with Crippen molar-refractivity contribution in [3.63, 3.8) is 0 Å². The van der Waals surface area contributed by atoms with Gasteiger partial charge in [-0.05, 0) is 74.1 Å². The molecule has 2 saturated heterocycles. The fourth-order valence-electron chi connectivity index (χ4n) is 9.61. The molecular weight excluding hydrogens is 983 g/mol. The minimum absolute atomic E-state index is 0.000660. The molecule has 0 saturated carbocycles. The van der Waals surface area contributed by atoms with Gasteiger partial charge in [0, 0.05) is 93.1 Å². The number of carbonyl (C=O) groups is 4. The lowest BCUT2D eigenvalue weighted by atomic mass is 9.85. The average Bonchev–Trinajstić information content (AvgIpc) is 3.98. The van der Waals surface area contributed by atoms with Crippen molar-refractivity contribution >= 4 is 64.7 Å². The highest BCUT2D eigenvalue weighted by atomic mass is 35.5. The molecule has 2 fully saturated rings. The van der Waals surface area contributed by atoms with Gasteiger partial charge in [-0.15, -0.1) is 11.3 Å². The maximum atomic E-state index is 14.1. The van der Waals surface area contributed by atoms with E-state index in [-0.39, 0.29) is 49.7 Å². The maximum absolute atomic E-state index is 14.1. The van der Waals surface area contributed by atoms with Crippen molar-refractivity contribution in [2.45, 2.75) is 123 Å². The molecule has 0 radical (unpaired) electrons. The molecule has 2 aromatic heterocycles. The first kappa shape index (κ1) is 55.1. The zero-order chi connectivity index (χ0) is 52.5. The van der Waals surface area contributed by atoms with E-state index < -0.39 is 36.7 Å². The topological polar surface area (TPSA) is 196 Å². The van der Waals surface area contributed by atoms with Crippen LogP contribution in [0.15, 0.2) is 78.4 Å². The summed E-state index contributed by atoms with van der Waals surface area (Å²) < 4.78 is 18.8. The van der Waals surface area contributed by atoms with Gasteiger partial charge in [0.25, 0.3) is 0 Å². The van der Waals surface area contributed by atoms with E-state index in [0.717, 1.165) is 75.5 Å². The molecule has 0 unspecified atom stereocenters. The van der Waals surface area contributed by atoms with E-state index in [1.807, 2.05) is 93.9 Å². The number of nitrogens with zero attached hydrogens (tertiary/aromatic N) is 5. The van der Waals surface area contributed by atoms with Crippen molar-refractivity contribution in [3.05, 3.63) is 117 Å². The van der Waals surface area contributed by atoms with E-state index in [0.29, 0.717) is 55.1 Å². The summed E-state index contributed by atoms with van der Waals surface area (Å²) in [5, 5.41) is 21.0. The number of halogens is 1. The smallest absolute Gasteiger partial charge is 0.246 e. The van der Waals surface area contributed by atoms with E-state index in [1.165, 1.54) is 4.90 Å². The summed E-state index contributed by atoms with van der Waals surface area (Å²) in [7, 11) is -0.849. The van der Waals surface area contributed by atoms with Gasteiger partial charge in [-0.25, -0.2) is 15.0 Å². The number of methoxy groups -OCH3 is 1. The summed E-state index contributed by atoms with van der Waals surface area (Å²) >= 11 is 8.14. The minimum atomic E-state index is -2.50. The number of anilines is 1. The summed E-state index contributed by atoms with van der Waals surface area (Å²) in [6.45, 7) is 12.9. The summed E-state index contributed by atoms with van der Waals surface area (Å²) in [5.74, 6) is 0.289.